The summed E-state index contributed by atoms with van der Waals surface area (Å²) in [6.45, 7) is 0.232. The topological polar surface area (TPSA) is 110 Å². The monoisotopic (exact) mass is 542 g/mol. The molecule has 1 aliphatic rings. The molecule has 8 heteroatoms. The van der Waals surface area contributed by atoms with E-state index in [1.165, 1.54) is 17.4 Å². The summed E-state index contributed by atoms with van der Waals surface area (Å²) in [5.74, 6) is 0.0211. The first-order valence-electron chi connectivity index (χ1n) is 10.9. The van der Waals surface area contributed by atoms with Crippen LogP contribution in [-0.2, 0) is 24.2 Å². The Kier molecular flexibility index (Phi) is 7.63. The third kappa shape index (κ3) is 5.44. The molecule has 0 radical (unpaired) electrons. The van der Waals surface area contributed by atoms with Crippen LogP contribution < -0.4 is 10.1 Å². The largest absolute Gasteiger partial charge is 0.488 e. The Morgan fingerprint density at radius 1 is 1.11 bits per heavy atom. The van der Waals surface area contributed by atoms with E-state index in [2.05, 4.69) is 33.4 Å². The molecule has 0 saturated heterocycles. The number of amides is 1. The zero-order valence-electron chi connectivity index (χ0n) is 18.6. The number of nitrogens with one attached hydrogen (secondary N) is 1. The van der Waals surface area contributed by atoms with Crippen molar-refractivity contribution in [2.45, 2.75) is 32.3 Å². The maximum absolute atomic E-state index is 12.8. The van der Waals surface area contributed by atoms with Crippen LogP contribution in [0.25, 0.3) is 6.08 Å². The lowest BCUT2D eigenvalue weighted by molar-refractivity contribution is -0.112. The van der Waals surface area contributed by atoms with Gasteiger partial charge in [0.15, 0.2) is 0 Å². The van der Waals surface area contributed by atoms with Gasteiger partial charge in [0.05, 0.1) is 21.7 Å². The molecule has 0 unspecified atom stereocenters. The Morgan fingerprint density at radius 3 is 2.66 bits per heavy atom. The average Bonchev–Trinajstić information content (AvgIpc) is 3.23. The number of ether oxygens (including phenoxy) is 1. The van der Waals surface area contributed by atoms with Gasteiger partial charge in [-0.25, -0.2) is 0 Å². The first-order valence-corrected chi connectivity index (χ1v) is 12.5. The number of aryl methyl sites for hydroxylation is 1. The second kappa shape index (κ2) is 11.0. The molecule has 6 nitrogen and oxygen atoms in total. The normalized spacial score (nSPS) is 12.6. The molecular formula is C27H19BrN4O2S. The van der Waals surface area contributed by atoms with Crippen LogP contribution in [0.4, 0.5) is 5.00 Å². The highest BCUT2D eigenvalue weighted by Gasteiger charge is 2.22. The fraction of sp³-hybridized carbons (Fsp3) is 0.185. The fourth-order valence-corrected chi connectivity index (χ4v) is 5.64. The van der Waals surface area contributed by atoms with Crippen LogP contribution in [-0.4, -0.2) is 5.91 Å². The predicted molar refractivity (Wildman–Crippen MR) is 138 cm³/mol. The fourth-order valence-electron chi connectivity index (χ4n) is 3.89. The van der Waals surface area contributed by atoms with E-state index in [4.69, 9.17) is 4.74 Å². The van der Waals surface area contributed by atoms with E-state index in [0.29, 0.717) is 31.9 Å². The molecule has 3 aromatic rings. The molecule has 1 aliphatic carbocycles. The minimum atomic E-state index is -0.549. The highest BCUT2D eigenvalue weighted by Crippen LogP contribution is 2.38. The van der Waals surface area contributed by atoms with Gasteiger partial charge in [-0.3, -0.25) is 4.79 Å². The number of rotatable bonds is 6. The Morgan fingerprint density at radius 2 is 1.91 bits per heavy atom. The van der Waals surface area contributed by atoms with E-state index < -0.39 is 5.91 Å². The van der Waals surface area contributed by atoms with E-state index in [1.807, 2.05) is 18.2 Å². The number of fused-ring (bicyclic) bond motifs is 1. The Bertz CT molecular complexity index is 1450. The van der Waals surface area contributed by atoms with E-state index in [9.17, 15) is 20.6 Å². The molecule has 172 valence electrons. The van der Waals surface area contributed by atoms with Crippen molar-refractivity contribution in [1.82, 2.24) is 0 Å². The summed E-state index contributed by atoms with van der Waals surface area (Å²) in [5.41, 5.74) is 3.44. The van der Waals surface area contributed by atoms with Gasteiger partial charge in [0.2, 0.25) is 0 Å². The van der Waals surface area contributed by atoms with Crippen LogP contribution in [0.15, 0.2) is 52.5 Å². The second-order valence-corrected chi connectivity index (χ2v) is 9.86. The van der Waals surface area contributed by atoms with E-state index >= 15 is 0 Å². The van der Waals surface area contributed by atoms with Crippen LogP contribution in [0.2, 0.25) is 0 Å². The molecule has 35 heavy (non-hydrogen) atoms. The summed E-state index contributed by atoms with van der Waals surface area (Å²) in [5, 5.41) is 31.7. The molecule has 0 aliphatic heterocycles. The van der Waals surface area contributed by atoms with Crippen molar-refractivity contribution in [2.24, 2.45) is 0 Å². The van der Waals surface area contributed by atoms with E-state index in [0.717, 1.165) is 41.7 Å². The number of hydrogen-bond acceptors (Lipinski definition) is 6. The summed E-state index contributed by atoms with van der Waals surface area (Å²) in [7, 11) is 0. The Hall–Kier alpha value is -3.90. The van der Waals surface area contributed by atoms with Gasteiger partial charge in [-0.1, -0.05) is 24.3 Å². The molecule has 2 aromatic carbocycles. The van der Waals surface area contributed by atoms with E-state index in [1.54, 1.807) is 30.3 Å². The summed E-state index contributed by atoms with van der Waals surface area (Å²) >= 11 is 4.90. The summed E-state index contributed by atoms with van der Waals surface area (Å²) in [6.07, 6.45) is 5.36. The number of carbonyl (C=O) groups is 1. The highest BCUT2D eigenvalue weighted by atomic mass is 79.9. The number of nitriles is 3. The molecule has 1 heterocycles. The Labute approximate surface area is 215 Å². The number of anilines is 1. The standard InChI is InChI=1S/C27H19BrN4O2S/c28-23-12-17(9-10-24(23)34-16-19-6-2-1-5-18(19)13-29)11-20(14-30)26(33)32-27-22(15-31)21-7-3-4-8-25(21)35-27/h1-2,5-6,9-12H,3-4,7-8,16H2,(H,32,33). The summed E-state index contributed by atoms with van der Waals surface area (Å²) in [6, 6.07) is 18.8. The number of nitrogens with zero attached hydrogens (tertiary/aromatic N) is 3. The van der Waals surface area contributed by atoms with Gasteiger partial charge in [0.25, 0.3) is 5.91 Å². The summed E-state index contributed by atoms with van der Waals surface area (Å²) < 4.78 is 6.50. The molecular weight excluding hydrogens is 524 g/mol. The van der Waals surface area contributed by atoms with Crippen molar-refractivity contribution in [3.8, 4) is 24.0 Å². The van der Waals surface area contributed by atoms with Gasteiger partial charge < -0.3 is 10.1 Å². The number of halogens is 1. The lowest BCUT2D eigenvalue weighted by atomic mass is 9.96. The number of carbonyl (C=O) groups excluding carboxylic acids is 1. The lowest BCUT2D eigenvalue weighted by Crippen LogP contribution is -2.13. The van der Waals surface area contributed by atoms with Crippen molar-refractivity contribution in [1.29, 1.82) is 15.8 Å². The third-order valence-corrected chi connectivity index (χ3v) is 7.49. The molecule has 0 saturated carbocycles. The quantitative estimate of drug-likeness (QED) is 0.292. The second-order valence-electron chi connectivity index (χ2n) is 7.90. The molecule has 0 fully saturated rings. The van der Waals surface area contributed by atoms with Crippen molar-refractivity contribution >= 4 is 44.3 Å². The van der Waals surface area contributed by atoms with E-state index in [-0.39, 0.29) is 12.2 Å². The van der Waals surface area contributed by atoms with Crippen molar-refractivity contribution < 1.29 is 9.53 Å². The van der Waals surface area contributed by atoms with Crippen molar-refractivity contribution in [2.75, 3.05) is 5.32 Å². The Balaban J connectivity index is 1.49. The zero-order valence-corrected chi connectivity index (χ0v) is 21.0. The third-order valence-electron chi connectivity index (χ3n) is 5.66. The highest BCUT2D eigenvalue weighted by molar-refractivity contribution is 9.10. The SMILES string of the molecule is N#CC(=Cc1ccc(OCc2ccccc2C#N)c(Br)c1)C(=O)Nc1sc2c(c1C#N)CCCC2. The summed E-state index contributed by atoms with van der Waals surface area (Å²) in [4.78, 5) is 14.0. The molecule has 0 spiro atoms. The molecule has 1 amide bonds. The molecule has 1 N–H and O–H groups in total. The minimum Gasteiger partial charge on any atom is -0.488 e. The molecule has 1 aromatic heterocycles. The average molecular weight is 543 g/mol. The van der Waals surface area contributed by atoms with Crippen molar-refractivity contribution in [3.63, 3.8) is 0 Å². The van der Waals surface area contributed by atoms with Gasteiger partial charge in [0.1, 0.15) is 35.1 Å². The van der Waals surface area contributed by atoms with Crippen LogP contribution in [0.3, 0.4) is 0 Å². The number of thiophene rings is 1. The van der Waals surface area contributed by atoms with Crippen LogP contribution in [0, 0.1) is 34.0 Å². The van der Waals surface area contributed by atoms with Gasteiger partial charge in [-0.15, -0.1) is 11.3 Å². The number of hydrogen-bond donors (Lipinski definition) is 1. The maximum Gasteiger partial charge on any atom is 0.266 e. The van der Waals surface area contributed by atoms with Crippen LogP contribution in [0.5, 0.6) is 5.75 Å². The first kappa shape index (κ1) is 24.2. The van der Waals surface area contributed by atoms with Gasteiger partial charge in [-0.2, -0.15) is 15.8 Å². The van der Waals surface area contributed by atoms with Gasteiger partial charge in [0, 0.05) is 10.4 Å². The molecule has 4 rings (SSSR count). The van der Waals surface area contributed by atoms with Gasteiger partial charge in [-0.05, 0) is 77.0 Å². The van der Waals surface area contributed by atoms with Crippen molar-refractivity contribution in [3.05, 3.63) is 85.2 Å². The lowest BCUT2D eigenvalue weighted by Gasteiger charge is -2.10. The number of benzene rings is 2. The molecule has 0 bridgehead atoms. The first-order chi connectivity index (χ1) is 17.0. The smallest absolute Gasteiger partial charge is 0.266 e. The zero-order chi connectivity index (χ0) is 24.8. The van der Waals surface area contributed by atoms with Crippen LogP contribution in [0.1, 0.15) is 45.5 Å². The van der Waals surface area contributed by atoms with Crippen LogP contribution >= 0.6 is 27.3 Å². The predicted octanol–water partition coefficient (Wildman–Crippen LogP) is 6.26. The van der Waals surface area contributed by atoms with Gasteiger partial charge >= 0.3 is 0 Å². The minimum absolute atomic E-state index is 0.0659. The maximum atomic E-state index is 12.8. The molecule has 0 atom stereocenters.